The van der Waals surface area contributed by atoms with Crippen LogP contribution in [-0.2, 0) is 0 Å². The van der Waals surface area contributed by atoms with Crippen LogP contribution in [0.1, 0.15) is 65.6 Å². The monoisotopic (exact) mass is 363 g/mol. The maximum Gasteiger partial charge on any atom is 0.161 e. The van der Waals surface area contributed by atoms with Crippen molar-refractivity contribution < 1.29 is 14.3 Å². The number of ketones is 1. The summed E-state index contributed by atoms with van der Waals surface area (Å²) in [7, 11) is 3.34. The first-order chi connectivity index (χ1) is 13.1. The van der Waals surface area contributed by atoms with Gasteiger partial charge in [0.2, 0.25) is 0 Å². The topological polar surface area (TPSA) is 47.9 Å². The summed E-state index contributed by atoms with van der Waals surface area (Å²) in [5.41, 5.74) is 5.17. The van der Waals surface area contributed by atoms with E-state index < -0.39 is 0 Å². The first kappa shape index (κ1) is 17.8. The number of rotatable bonds is 4. The predicted molar refractivity (Wildman–Crippen MR) is 107 cm³/mol. The zero-order valence-corrected chi connectivity index (χ0v) is 16.1. The molecule has 4 rings (SSSR count). The Morgan fingerprint density at radius 2 is 1.67 bits per heavy atom. The minimum absolute atomic E-state index is 0.0753. The molecule has 1 aliphatic heterocycles. The predicted octanol–water partition coefficient (Wildman–Crippen LogP) is 4.78. The molecule has 140 valence electrons. The fourth-order valence-corrected chi connectivity index (χ4v) is 4.36. The van der Waals surface area contributed by atoms with Crippen LogP contribution >= 0.6 is 0 Å². The van der Waals surface area contributed by atoms with Crippen LogP contribution in [-0.4, -0.2) is 31.8 Å². The molecule has 0 radical (unpaired) electrons. The summed E-state index contributed by atoms with van der Waals surface area (Å²) in [5, 5.41) is 0. The van der Waals surface area contributed by atoms with Crippen molar-refractivity contribution in [3.05, 3.63) is 58.7 Å². The van der Waals surface area contributed by atoms with Crippen molar-refractivity contribution in [1.29, 1.82) is 0 Å². The van der Waals surface area contributed by atoms with Gasteiger partial charge in [0.1, 0.15) is 0 Å². The first-order valence-corrected chi connectivity index (χ1v) is 9.58. The molecule has 4 nitrogen and oxygen atoms in total. The van der Waals surface area contributed by atoms with Crippen LogP contribution in [0.2, 0.25) is 0 Å². The number of aliphatic imine (C=N–C) groups is 1. The number of fused-ring (bicyclic) bond motifs is 3. The van der Waals surface area contributed by atoms with Gasteiger partial charge in [-0.15, -0.1) is 0 Å². The van der Waals surface area contributed by atoms with E-state index in [1.807, 2.05) is 24.3 Å². The molecule has 1 fully saturated rings. The highest BCUT2D eigenvalue weighted by Gasteiger charge is 2.34. The molecule has 0 bridgehead atoms. The Bertz CT molecular complexity index is 899. The van der Waals surface area contributed by atoms with E-state index in [9.17, 15) is 4.79 Å². The van der Waals surface area contributed by atoms with Gasteiger partial charge >= 0.3 is 0 Å². The molecule has 2 aromatic rings. The Balaban J connectivity index is 1.86. The lowest BCUT2D eigenvalue weighted by Gasteiger charge is -2.35. The first-order valence-electron chi connectivity index (χ1n) is 9.58. The normalized spacial score (nSPS) is 20.9. The van der Waals surface area contributed by atoms with E-state index in [1.54, 1.807) is 21.1 Å². The molecule has 1 saturated carbocycles. The second-order valence-electron chi connectivity index (χ2n) is 7.36. The maximum atomic E-state index is 11.6. The molecule has 0 saturated heterocycles. The molecule has 0 unspecified atom stereocenters. The smallest absolute Gasteiger partial charge is 0.161 e. The number of benzene rings is 2. The van der Waals surface area contributed by atoms with Crippen molar-refractivity contribution in [3.8, 4) is 11.5 Å². The summed E-state index contributed by atoms with van der Waals surface area (Å²) in [6, 6.07) is 12.3. The van der Waals surface area contributed by atoms with E-state index in [2.05, 4.69) is 12.1 Å². The minimum Gasteiger partial charge on any atom is -0.493 e. The molecular weight excluding hydrogens is 338 g/mol. The van der Waals surface area contributed by atoms with Gasteiger partial charge in [-0.2, -0.15) is 0 Å². The van der Waals surface area contributed by atoms with E-state index >= 15 is 0 Å². The zero-order chi connectivity index (χ0) is 19.0. The van der Waals surface area contributed by atoms with E-state index in [-0.39, 0.29) is 5.78 Å². The molecule has 2 atom stereocenters. The number of nitrogens with zero attached hydrogens (tertiary/aromatic N) is 1. The SMILES string of the molecule is COc1cc2c(cc1OC)[C@H]1CCCC[C@H]1N=C2c1ccc(C(C)=O)cc1. The lowest BCUT2D eigenvalue weighted by Crippen LogP contribution is -2.29. The third kappa shape index (κ3) is 3.14. The van der Waals surface area contributed by atoms with Crippen LogP contribution in [0, 0.1) is 0 Å². The van der Waals surface area contributed by atoms with Gasteiger partial charge in [0.25, 0.3) is 0 Å². The lowest BCUT2D eigenvalue weighted by molar-refractivity contribution is 0.101. The minimum atomic E-state index is 0.0753. The fourth-order valence-electron chi connectivity index (χ4n) is 4.36. The molecule has 4 heteroatoms. The van der Waals surface area contributed by atoms with Crippen LogP contribution in [0.25, 0.3) is 0 Å². The Kier molecular flexibility index (Phi) is 4.73. The van der Waals surface area contributed by atoms with Crippen molar-refractivity contribution in [1.82, 2.24) is 0 Å². The molecule has 0 N–H and O–H groups in total. The summed E-state index contributed by atoms with van der Waals surface area (Å²) >= 11 is 0. The van der Waals surface area contributed by atoms with Crippen molar-refractivity contribution in [2.75, 3.05) is 14.2 Å². The Morgan fingerprint density at radius 3 is 2.33 bits per heavy atom. The van der Waals surface area contributed by atoms with Gasteiger partial charge in [0.05, 0.1) is 26.0 Å². The molecule has 1 aliphatic carbocycles. The molecular formula is C23H25NO3. The summed E-state index contributed by atoms with van der Waals surface area (Å²) in [6.07, 6.45) is 4.75. The highest BCUT2D eigenvalue weighted by atomic mass is 16.5. The number of hydrogen-bond acceptors (Lipinski definition) is 4. The van der Waals surface area contributed by atoms with Crippen LogP contribution in [0.3, 0.4) is 0 Å². The second kappa shape index (κ2) is 7.18. The summed E-state index contributed by atoms with van der Waals surface area (Å²) in [4.78, 5) is 16.8. The Hall–Kier alpha value is -2.62. The van der Waals surface area contributed by atoms with E-state index in [0.29, 0.717) is 12.0 Å². The zero-order valence-electron chi connectivity index (χ0n) is 16.1. The van der Waals surface area contributed by atoms with Crippen molar-refractivity contribution in [2.24, 2.45) is 4.99 Å². The maximum absolute atomic E-state index is 11.6. The third-order valence-corrected chi connectivity index (χ3v) is 5.80. The van der Waals surface area contributed by atoms with E-state index in [1.165, 1.54) is 18.4 Å². The van der Waals surface area contributed by atoms with Crippen LogP contribution < -0.4 is 9.47 Å². The highest BCUT2D eigenvalue weighted by Crippen LogP contribution is 2.44. The molecule has 1 heterocycles. The number of hydrogen-bond donors (Lipinski definition) is 0. The second-order valence-corrected chi connectivity index (χ2v) is 7.36. The molecule has 0 spiro atoms. The van der Waals surface area contributed by atoms with Crippen LogP contribution in [0.5, 0.6) is 11.5 Å². The summed E-state index contributed by atoms with van der Waals surface area (Å²) < 4.78 is 11.1. The van der Waals surface area contributed by atoms with E-state index in [0.717, 1.165) is 46.7 Å². The quantitative estimate of drug-likeness (QED) is 0.734. The van der Waals surface area contributed by atoms with Gasteiger partial charge < -0.3 is 9.47 Å². The van der Waals surface area contributed by atoms with Gasteiger partial charge in [-0.25, -0.2) is 0 Å². The third-order valence-electron chi connectivity index (χ3n) is 5.80. The van der Waals surface area contributed by atoms with Gasteiger partial charge in [-0.1, -0.05) is 37.1 Å². The van der Waals surface area contributed by atoms with Gasteiger partial charge in [-0.3, -0.25) is 9.79 Å². The number of ether oxygens (including phenoxy) is 2. The molecule has 27 heavy (non-hydrogen) atoms. The lowest BCUT2D eigenvalue weighted by atomic mass is 9.75. The van der Waals surface area contributed by atoms with Crippen LogP contribution in [0.4, 0.5) is 0 Å². The summed E-state index contributed by atoms with van der Waals surface area (Å²) in [6.45, 7) is 1.59. The molecule has 0 amide bonds. The molecule has 2 aromatic carbocycles. The Labute approximate surface area is 160 Å². The van der Waals surface area contributed by atoms with E-state index in [4.69, 9.17) is 14.5 Å². The highest BCUT2D eigenvalue weighted by molar-refractivity contribution is 6.15. The number of Topliss-reactive ketones (excluding diaryl/α,β-unsaturated/α-hetero) is 1. The van der Waals surface area contributed by atoms with Crippen molar-refractivity contribution in [2.45, 2.75) is 44.6 Å². The average Bonchev–Trinajstić information content (AvgIpc) is 2.72. The standard InChI is InChI=1S/C23H25NO3/c1-14(25)15-8-10-16(11-9-15)23-19-13-22(27-3)21(26-2)12-18(19)17-6-4-5-7-20(17)24-23/h8-13,17,20H,4-7H2,1-3H3/t17-,20-/m1/s1. The largest absolute Gasteiger partial charge is 0.493 e. The molecule has 2 aliphatic rings. The van der Waals surface area contributed by atoms with Gasteiger partial charge in [-0.05, 0) is 37.5 Å². The summed E-state index contributed by atoms with van der Waals surface area (Å²) in [5.74, 6) is 2.01. The fraction of sp³-hybridized carbons (Fsp3) is 0.391. The van der Waals surface area contributed by atoms with Gasteiger partial charge in [0.15, 0.2) is 17.3 Å². The van der Waals surface area contributed by atoms with Crippen LogP contribution in [0.15, 0.2) is 41.4 Å². The number of carbonyl (C=O) groups is 1. The van der Waals surface area contributed by atoms with Gasteiger partial charge in [0, 0.05) is 22.6 Å². The number of carbonyl (C=O) groups excluding carboxylic acids is 1. The Morgan fingerprint density at radius 1 is 1.00 bits per heavy atom. The molecule has 0 aromatic heterocycles. The van der Waals surface area contributed by atoms with Crippen molar-refractivity contribution in [3.63, 3.8) is 0 Å². The van der Waals surface area contributed by atoms with Crippen molar-refractivity contribution >= 4 is 11.5 Å². The average molecular weight is 363 g/mol. The number of methoxy groups -OCH3 is 2.